The lowest BCUT2D eigenvalue weighted by Gasteiger charge is -2.23. The first-order valence-electron chi connectivity index (χ1n) is 6.11. The van der Waals surface area contributed by atoms with Crippen LogP contribution in [-0.2, 0) is 4.74 Å². The maximum Gasteiger partial charge on any atom is 0.275 e. The van der Waals surface area contributed by atoms with Gasteiger partial charge in [-0.1, -0.05) is 5.92 Å². The molecular formula is C13H13N3O4. The molecule has 1 aliphatic heterocycles. The molecule has 0 aromatic carbocycles. The Bertz CT molecular complexity index is 744. The van der Waals surface area contributed by atoms with Gasteiger partial charge in [-0.05, 0) is 12.1 Å². The average Bonchev–Trinajstić information content (AvgIpc) is 3.01. The van der Waals surface area contributed by atoms with Crippen molar-refractivity contribution in [3.63, 3.8) is 0 Å². The van der Waals surface area contributed by atoms with Gasteiger partial charge in [0.25, 0.3) is 5.56 Å². The number of ether oxygens (including phenoxy) is 1. The Morgan fingerprint density at radius 3 is 3.10 bits per heavy atom. The summed E-state index contributed by atoms with van der Waals surface area (Å²) < 4.78 is 7.09. The second kappa shape index (κ2) is 4.45. The predicted molar refractivity (Wildman–Crippen MR) is 68.9 cm³/mol. The van der Waals surface area contributed by atoms with E-state index < -0.39 is 24.4 Å². The molecule has 2 aromatic heterocycles. The molecule has 1 aliphatic rings. The van der Waals surface area contributed by atoms with Gasteiger partial charge in [-0.25, -0.2) is 4.52 Å². The fourth-order valence-electron chi connectivity index (χ4n) is 2.48. The number of aliphatic hydroxyl groups is 2. The van der Waals surface area contributed by atoms with Crippen molar-refractivity contribution < 1.29 is 14.9 Å². The lowest BCUT2D eigenvalue weighted by atomic mass is 9.98. The van der Waals surface area contributed by atoms with E-state index in [1.54, 1.807) is 12.1 Å². The number of nitrogens with one attached hydrogen (secondary N) is 1. The van der Waals surface area contributed by atoms with Gasteiger partial charge in [0, 0.05) is 6.42 Å². The quantitative estimate of drug-likeness (QED) is 0.624. The first kappa shape index (κ1) is 12.9. The van der Waals surface area contributed by atoms with E-state index in [0.29, 0.717) is 11.2 Å². The third-order valence-corrected chi connectivity index (χ3v) is 3.62. The van der Waals surface area contributed by atoms with Gasteiger partial charge in [0.05, 0.1) is 18.4 Å². The summed E-state index contributed by atoms with van der Waals surface area (Å²) >= 11 is 0. The number of hydrogen-bond acceptors (Lipinski definition) is 5. The van der Waals surface area contributed by atoms with Crippen molar-refractivity contribution >= 4 is 5.52 Å². The zero-order valence-corrected chi connectivity index (χ0v) is 10.5. The van der Waals surface area contributed by atoms with Crippen LogP contribution in [0.1, 0.15) is 18.2 Å². The van der Waals surface area contributed by atoms with Gasteiger partial charge in [0.1, 0.15) is 17.9 Å². The van der Waals surface area contributed by atoms with Crippen LogP contribution in [0.4, 0.5) is 0 Å². The van der Waals surface area contributed by atoms with Gasteiger partial charge >= 0.3 is 0 Å². The molecule has 104 valence electrons. The van der Waals surface area contributed by atoms with Crippen LogP contribution in [0, 0.1) is 12.3 Å². The van der Waals surface area contributed by atoms with Gasteiger partial charge in [-0.2, -0.15) is 5.10 Å². The number of fused-ring (bicyclic) bond motifs is 1. The Morgan fingerprint density at radius 1 is 1.65 bits per heavy atom. The van der Waals surface area contributed by atoms with Crippen LogP contribution in [0.25, 0.3) is 5.52 Å². The molecular weight excluding hydrogens is 262 g/mol. The van der Waals surface area contributed by atoms with Crippen molar-refractivity contribution in [2.75, 3.05) is 6.61 Å². The van der Waals surface area contributed by atoms with E-state index in [9.17, 15) is 15.0 Å². The van der Waals surface area contributed by atoms with Crippen molar-refractivity contribution in [1.82, 2.24) is 14.6 Å². The van der Waals surface area contributed by atoms with Crippen LogP contribution in [0.15, 0.2) is 23.3 Å². The minimum absolute atomic E-state index is 0.228. The number of rotatable bonds is 2. The molecule has 7 heteroatoms. The average molecular weight is 275 g/mol. The topological polar surface area (TPSA) is 99.9 Å². The number of hydrogen-bond donors (Lipinski definition) is 3. The molecule has 3 N–H and O–H groups in total. The highest BCUT2D eigenvalue weighted by molar-refractivity contribution is 5.46. The van der Waals surface area contributed by atoms with Gasteiger partial charge in [0.15, 0.2) is 5.60 Å². The fourth-order valence-corrected chi connectivity index (χ4v) is 2.48. The molecule has 3 atom stereocenters. The molecule has 3 unspecified atom stereocenters. The normalized spacial score (nSPS) is 29.6. The van der Waals surface area contributed by atoms with Crippen LogP contribution < -0.4 is 5.56 Å². The number of terminal acetylenes is 1. The highest BCUT2D eigenvalue weighted by Gasteiger charge is 2.47. The predicted octanol–water partition coefficient (Wildman–Crippen LogP) is -0.791. The molecule has 0 amide bonds. The van der Waals surface area contributed by atoms with Crippen molar-refractivity contribution in [3.05, 3.63) is 34.5 Å². The second-order valence-electron chi connectivity index (χ2n) is 4.72. The Kier molecular flexibility index (Phi) is 2.87. The molecule has 1 saturated heterocycles. The highest BCUT2D eigenvalue weighted by Crippen LogP contribution is 2.39. The van der Waals surface area contributed by atoms with Crippen molar-refractivity contribution in [2.45, 2.75) is 24.2 Å². The molecule has 1 fully saturated rings. The minimum Gasteiger partial charge on any atom is -0.392 e. The molecule has 0 bridgehead atoms. The Balaban J connectivity index is 2.04. The minimum atomic E-state index is -1.41. The summed E-state index contributed by atoms with van der Waals surface area (Å²) in [5, 5.41) is 23.4. The molecule has 2 aromatic rings. The monoisotopic (exact) mass is 275 g/mol. The Hall–Kier alpha value is -2.14. The summed E-state index contributed by atoms with van der Waals surface area (Å²) in [4.78, 5) is 14.1. The summed E-state index contributed by atoms with van der Waals surface area (Å²) in [6.07, 6.45) is 5.35. The zero-order valence-electron chi connectivity index (χ0n) is 10.5. The van der Waals surface area contributed by atoms with E-state index in [1.165, 1.54) is 10.8 Å². The summed E-state index contributed by atoms with van der Waals surface area (Å²) in [7, 11) is 0. The lowest BCUT2D eigenvalue weighted by molar-refractivity contribution is -0.0732. The van der Waals surface area contributed by atoms with Gasteiger partial charge < -0.3 is 19.9 Å². The van der Waals surface area contributed by atoms with Crippen LogP contribution in [-0.4, -0.2) is 43.1 Å². The van der Waals surface area contributed by atoms with Gasteiger partial charge in [-0.3, -0.25) is 4.79 Å². The Labute approximate surface area is 113 Å². The fraction of sp³-hybridized carbons (Fsp3) is 0.385. The zero-order chi connectivity index (χ0) is 14.3. The maximum absolute atomic E-state index is 11.6. The molecule has 3 heterocycles. The molecule has 20 heavy (non-hydrogen) atoms. The molecule has 3 rings (SSSR count). The van der Waals surface area contributed by atoms with E-state index in [1.807, 2.05) is 0 Å². The standard InChI is InChI=1S/C13H13N3O4/c1-2-13(6-17)11(18)5-10(20-13)8-3-4-9-12(19)14-7-15-16(8)9/h1,3-4,7,10-11,17-18H,5-6H2,(H,14,15,19). The van der Waals surface area contributed by atoms with Crippen molar-refractivity contribution in [3.8, 4) is 12.3 Å². The number of nitrogens with zero attached hydrogens (tertiary/aromatic N) is 2. The molecule has 0 spiro atoms. The SMILES string of the molecule is C#CC1(CO)OC(c2ccc3c(=O)[nH]cnn23)CC1O. The van der Waals surface area contributed by atoms with Gasteiger partial charge in [-0.15, -0.1) is 6.42 Å². The molecule has 0 radical (unpaired) electrons. The van der Waals surface area contributed by atoms with E-state index >= 15 is 0 Å². The first-order valence-corrected chi connectivity index (χ1v) is 6.11. The summed E-state index contributed by atoms with van der Waals surface area (Å²) in [5.74, 6) is 2.31. The lowest BCUT2D eigenvalue weighted by Crippen LogP contribution is -2.41. The van der Waals surface area contributed by atoms with Crippen molar-refractivity contribution in [2.24, 2.45) is 0 Å². The van der Waals surface area contributed by atoms with E-state index in [4.69, 9.17) is 11.2 Å². The third-order valence-electron chi connectivity index (χ3n) is 3.62. The Morgan fingerprint density at radius 2 is 2.45 bits per heavy atom. The summed E-state index contributed by atoms with van der Waals surface area (Å²) in [6.45, 7) is -0.474. The van der Waals surface area contributed by atoms with Gasteiger partial charge in [0.2, 0.25) is 0 Å². The summed E-state index contributed by atoms with van der Waals surface area (Å²) in [6, 6.07) is 3.31. The largest absolute Gasteiger partial charge is 0.392 e. The molecule has 0 aliphatic carbocycles. The van der Waals surface area contributed by atoms with Crippen LogP contribution in [0.3, 0.4) is 0 Å². The van der Waals surface area contributed by atoms with E-state index in [2.05, 4.69) is 16.0 Å². The number of aliphatic hydroxyl groups excluding tert-OH is 2. The van der Waals surface area contributed by atoms with Crippen LogP contribution >= 0.6 is 0 Å². The summed E-state index contributed by atoms with van der Waals surface area (Å²) in [5.41, 5.74) is -0.690. The maximum atomic E-state index is 11.6. The number of H-pyrrole nitrogens is 1. The molecule has 7 nitrogen and oxygen atoms in total. The highest BCUT2D eigenvalue weighted by atomic mass is 16.5. The third kappa shape index (κ3) is 1.67. The van der Waals surface area contributed by atoms with E-state index in [0.717, 1.165) is 0 Å². The van der Waals surface area contributed by atoms with Crippen LogP contribution in [0.5, 0.6) is 0 Å². The first-order chi connectivity index (χ1) is 9.61. The van der Waals surface area contributed by atoms with E-state index in [-0.39, 0.29) is 12.0 Å². The smallest absolute Gasteiger partial charge is 0.275 e. The van der Waals surface area contributed by atoms with Crippen molar-refractivity contribution in [1.29, 1.82) is 0 Å². The second-order valence-corrected chi connectivity index (χ2v) is 4.72. The number of aromatic amines is 1. The number of aromatic nitrogens is 3. The van der Waals surface area contributed by atoms with Crippen LogP contribution in [0.2, 0.25) is 0 Å². The molecule has 0 saturated carbocycles.